The van der Waals surface area contributed by atoms with E-state index in [-0.39, 0.29) is 5.57 Å². The molecule has 0 amide bonds. The van der Waals surface area contributed by atoms with Crippen molar-refractivity contribution < 1.29 is 14.6 Å². The van der Waals surface area contributed by atoms with Crippen LogP contribution in [0.4, 0.5) is 0 Å². The van der Waals surface area contributed by atoms with Gasteiger partial charge in [-0.15, -0.1) is 0 Å². The van der Waals surface area contributed by atoms with Crippen LogP contribution in [0.1, 0.15) is 20.3 Å². The third-order valence-corrected chi connectivity index (χ3v) is 0.920. The Hall–Kier alpha value is -0.830. The molecule has 0 heterocycles. The molecule has 0 aliphatic heterocycles. The Morgan fingerprint density at radius 2 is 2.20 bits per heavy atom. The van der Waals surface area contributed by atoms with Gasteiger partial charge in [-0.25, -0.2) is 4.79 Å². The Kier molecular flexibility index (Phi) is 3.72. The second-order valence-electron chi connectivity index (χ2n) is 2.02. The summed E-state index contributed by atoms with van der Waals surface area (Å²) in [5.74, 6) is -0.609. The van der Waals surface area contributed by atoms with Gasteiger partial charge < -0.3 is 4.74 Å². The lowest BCUT2D eigenvalue weighted by molar-refractivity contribution is -0.174. The van der Waals surface area contributed by atoms with Crippen molar-refractivity contribution in [2.75, 3.05) is 0 Å². The van der Waals surface area contributed by atoms with Crippen LogP contribution in [-0.2, 0) is 14.6 Å². The summed E-state index contributed by atoms with van der Waals surface area (Å²) in [7, 11) is 0. The molecule has 1 atom stereocenters. The smallest absolute Gasteiger partial charge is 0.335 e. The summed E-state index contributed by atoms with van der Waals surface area (Å²) in [5.41, 5.74) is 0.259. The van der Waals surface area contributed by atoms with E-state index >= 15 is 0 Å². The molecule has 0 aromatic carbocycles. The van der Waals surface area contributed by atoms with Crippen molar-refractivity contribution in [3.63, 3.8) is 0 Å². The second kappa shape index (κ2) is 4.06. The van der Waals surface area contributed by atoms with Crippen LogP contribution < -0.4 is 0 Å². The molecule has 0 saturated carbocycles. The van der Waals surface area contributed by atoms with Gasteiger partial charge in [0.25, 0.3) is 0 Å². The summed E-state index contributed by atoms with van der Waals surface area (Å²) in [6, 6.07) is 0. The predicted octanol–water partition coefficient (Wildman–Crippen LogP) is 1.27. The third kappa shape index (κ3) is 3.25. The number of hydrogen-bond acceptors (Lipinski definition) is 2. The van der Waals surface area contributed by atoms with Crippen LogP contribution in [0, 0.1) is 0 Å². The highest BCUT2D eigenvalue weighted by atomic mass is 16.6. The van der Waals surface area contributed by atoms with Gasteiger partial charge in [0, 0.05) is 12.0 Å². The summed E-state index contributed by atoms with van der Waals surface area (Å²) in [4.78, 5) is 10.6. The van der Waals surface area contributed by atoms with Gasteiger partial charge in [-0.05, 0) is 6.92 Å². The third-order valence-electron chi connectivity index (χ3n) is 0.920. The van der Waals surface area contributed by atoms with Gasteiger partial charge in [-0.1, -0.05) is 13.5 Å². The van der Waals surface area contributed by atoms with Crippen molar-refractivity contribution in [3.8, 4) is 0 Å². The van der Waals surface area contributed by atoms with Crippen molar-refractivity contribution in [1.82, 2.24) is 0 Å². The summed E-state index contributed by atoms with van der Waals surface area (Å²) in [6.45, 7) is 6.49. The van der Waals surface area contributed by atoms with E-state index in [9.17, 15) is 9.90 Å². The average Bonchev–Trinajstić information content (AvgIpc) is 1.87. The van der Waals surface area contributed by atoms with Gasteiger partial charge in [0.2, 0.25) is 6.29 Å². The number of esters is 1. The zero-order valence-electron chi connectivity index (χ0n) is 6.22. The molecule has 0 rings (SSSR count). The van der Waals surface area contributed by atoms with Gasteiger partial charge in [0.05, 0.1) is 0 Å². The topological polar surface area (TPSA) is 46.2 Å². The molecule has 0 bridgehead atoms. The maximum atomic E-state index is 10.6. The minimum atomic E-state index is -1.25. The summed E-state index contributed by atoms with van der Waals surface area (Å²) >= 11 is 0. The molecule has 57 valence electrons. The fourth-order valence-corrected chi connectivity index (χ4v) is 0.303. The molecule has 0 aromatic heterocycles. The van der Waals surface area contributed by atoms with Gasteiger partial charge in [0.15, 0.2) is 0 Å². The van der Waals surface area contributed by atoms with Crippen LogP contribution in [0.15, 0.2) is 12.2 Å². The Labute approximate surface area is 60.3 Å². The van der Waals surface area contributed by atoms with Crippen LogP contribution in [0.3, 0.4) is 0 Å². The molecule has 1 radical (unpaired) electrons. The first kappa shape index (κ1) is 9.17. The molecular formula is C7H11O3. The average molecular weight is 143 g/mol. The van der Waals surface area contributed by atoms with Gasteiger partial charge in [0.1, 0.15) is 0 Å². The van der Waals surface area contributed by atoms with E-state index < -0.39 is 12.3 Å². The molecule has 3 nitrogen and oxygen atoms in total. The van der Waals surface area contributed by atoms with E-state index in [1.54, 1.807) is 6.92 Å². The van der Waals surface area contributed by atoms with Crippen LogP contribution in [-0.4, -0.2) is 12.3 Å². The summed E-state index contributed by atoms with van der Waals surface area (Å²) in [5, 5.41) is 10.5. The summed E-state index contributed by atoms with van der Waals surface area (Å²) < 4.78 is 4.37. The van der Waals surface area contributed by atoms with Crippen LogP contribution >= 0.6 is 0 Å². The minimum absolute atomic E-state index is 0.259. The zero-order chi connectivity index (χ0) is 8.15. The molecule has 0 aliphatic carbocycles. The second-order valence-corrected chi connectivity index (χ2v) is 2.02. The van der Waals surface area contributed by atoms with Crippen molar-refractivity contribution in [2.24, 2.45) is 0 Å². The van der Waals surface area contributed by atoms with Gasteiger partial charge in [-0.2, -0.15) is 5.11 Å². The Bertz CT molecular complexity index is 140. The quantitative estimate of drug-likeness (QED) is 0.339. The molecule has 1 unspecified atom stereocenters. The number of hydrogen-bond donors (Lipinski definition) is 0. The number of ether oxygens (including phenoxy) is 1. The largest absolute Gasteiger partial charge is 0.430 e. The molecule has 0 aromatic rings. The molecule has 0 saturated heterocycles. The molecule has 3 heteroatoms. The first-order chi connectivity index (χ1) is 4.57. The van der Waals surface area contributed by atoms with E-state index in [4.69, 9.17) is 0 Å². The van der Waals surface area contributed by atoms with E-state index in [1.807, 2.05) is 0 Å². The Morgan fingerprint density at radius 1 is 1.70 bits per heavy atom. The van der Waals surface area contributed by atoms with E-state index in [0.717, 1.165) is 0 Å². The maximum Gasteiger partial charge on any atom is 0.335 e. The van der Waals surface area contributed by atoms with E-state index in [0.29, 0.717) is 6.42 Å². The lowest BCUT2D eigenvalue weighted by Crippen LogP contribution is -2.15. The van der Waals surface area contributed by atoms with Crippen molar-refractivity contribution in [3.05, 3.63) is 12.2 Å². The number of carbonyl (C=O) groups excluding carboxylic acids is 1. The first-order valence-corrected chi connectivity index (χ1v) is 3.10. The van der Waals surface area contributed by atoms with Crippen molar-refractivity contribution in [2.45, 2.75) is 26.6 Å². The fourth-order valence-electron chi connectivity index (χ4n) is 0.303. The molecule has 0 N–H and O–H groups in total. The lowest BCUT2D eigenvalue weighted by atomic mass is 10.3. The fraction of sp³-hybridized carbons (Fsp3) is 0.571. The minimum Gasteiger partial charge on any atom is -0.430 e. The molecule has 0 aliphatic rings. The van der Waals surface area contributed by atoms with Gasteiger partial charge >= 0.3 is 5.97 Å². The van der Waals surface area contributed by atoms with Crippen molar-refractivity contribution >= 4 is 5.97 Å². The van der Waals surface area contributed by atoms with Crippen molar-refractivity contribution in [1.29, 1.82) is 0 Å². The van der Waals surface area contributed by atoms with Crippen LogP contribution in [0.5, 0.6) is 0 Å². The maximum absolute atomic E-state index is 10.6. The monoisotopic (exact) mass is 143 g/mol. The highest BCUT2D eigenvalue weighted by Gasteiger charge is 2.09. The highest BCUT2D eigenvalue weighted by molar-refractivity contribution is 5.86. The normalized spacial score (nSPS) is 12.3. The SMILES string of the molecule is C=C(C)C(=O)OC([O])CC. The predicted molar refractivity (Wildman–Crippen MR) is 35.7 cm³/mol. The summed E-state index contributed by atoms with van der Waals surface area (Å²) in [6.07, 6.45) is -0.955. The highest BCUT2D eigenvalue weighted by Crippen LogP contribution is 1.98. The first-order valence-electron chi connectivity index (χ1n) is 3.10. The molecular weight excluding hydrogens is 132 g/mol. The van der Waals surface area contributed by atoms with E-state index in [1.165, 1.54) is 6.92 Å². The standard InChI is InChI=1S/C7H11O3/c1-4-6(8)10-7(9)5(2)3/h6H,2,4H2,1,3H3. The Balaban J connectivity index is 3.68. The molecule has 0 fully saturated rings. The van der Waals surface area contributed by atoms with Crippen LogP contribution in [0.25, 0.3) is 0 Å². The number of carbonyl (C=O) groups is 1. The molecule has 10 heavy (non-hydrogen) atoms. The number of rotatable bonds is 3. The van der Waals surface area contributed by atoms with E-state index in [2.05, 4.69) is 11.3 Å². The Morgan fingerprint density at radius 3 is 2.50 bits per heavy atom. The lowest BCUT2D eigenvalue weighted by Gasteiger charge is -2.06. The van der Waals surface area contributed by atoms with Crippen LogP contribution in [0.2, 0.25) is 0 Å². The van der Waals surface area contributed by atoms with Gasteiger partial charge in [-0.3, -0.25) is 0 Å². The molecule has 0 spiro atoms. The zero-order valence-corrected chi connectivity index (χ0v) is 6.22.